The maximum absolute atomic E-state index is 12.5. The number of esters is 1. The van der Waals surface area contributed by atoms with Crippen molar-refractivity contribution in [2.24, 2.45) is 0 Å². The van der Waals surface area contributed by atoms with E-state index in [1.165, 1.54) is 321 Å². The first-order valence-corrected chi connectivity index (χ1v) is 35.6. The van der Waals surface area contributed by atoms with Crippen LogP contribution in [0, 0.1) is 0 Å². The van der Waals surface area contributed by atoms with E-state index in [0.717, 1.165) is 44.9 Å². The van der Waals surface area contributed by atoms with Crippen molar-refractivity contribution < 1.29 is 24.5 Å². The molecule has 0 aliphatic carbocycles. The molecular formula is C72H139NO5. The molecule has 0 bridgehead atoms. The van der Waals surface area contributed by atoms with Gasteiger partial charge in [0.2, 0.25) is 5.91 Å². The topological polar surface area (TPSA) is 95.9 Å². The number of hydrogen-bond donors (Lipinski definition) is 3. The molecule has 3 N–H and O–H groups in total. The van der Waals surface area contributed by atoms with Crippen molar-refractivity contribution in [1.82, 2.24) is 5.32 Å². The van der Waals surface area contributed by atoms with Gasteiger partial charge in [-0.05, 0) is 57.8 Å². The van der Waals surface area contributed by atoms with E-state index in [9.17, 15) is 19.8 Å². The third kappa shape index (κ3) is 63.5. The van der Waals surface area contributed by atoms with E-state index in [4.69, 9.17) is 4.74 Å². The molecule has 0 aromatic carbocycles. The molecule has 2 unspecified atom stereocenters. The average Bonchev–Trinajstić information content (AvgIpc) is 3.44. The standard InChI is InChI=1S/C72H139NO5/c1-3-5-7-9-11-13-15-17-19-20-21-22-23-25-28-31-34-37-40-44-48-52-56-60-64-70(75)69(68-74)73-71(76)65-61-57-53-49-45-41-38-35-32-29-26-24-27-30-33-36-39-43-47-51-55-59-63-67-78-72(77)66-62-58-54-50-46-42-18-16-14-12-10-8-6-4-2/h24,27,29,32,69-70,74-75H,3-23,25-26,28,30-31,33-68H2,1-2H3,(H,73,76)/b27-24-,32-29-. The lowest BCUT2D eigenvalue weighted by Gasteiger charge is -2.22. The Labute approximate surface area is 488 Å². The fourth-order valence-corrected chi connectivity index (χ4v) is 11.3. The number of aliphatic hydroxyl groups is 2. The number of carbonyl (C=O) groups is 2. The van der Waals surface area contributed by atoms with Gasteiger partial charge in [-0.15, -0.1) is 0 Å². The predicted molar refractivity (Wildman–Crippen MR) is 343 cm³/mol. The second kappa shape index (κ2) is 67.8. The quantitative estimate of drug-likeness (QED) is 0.0320. The first-order chi connectivity index (χ1) is 38.5. The molecule has 0 aromatic heterocycles. The third-order valence-electron chi connectivity index (χ3n) is 16.8. The lowest BCUT2D eigenvalue weighted by Crippen LogP contribution is -2.45. The normalized spacial score (nSPS) is 12.6. The zero-order valence-corrected chi connectivity index (χ0v) is 52.9. The SMILES string of the molecule is CCCCCCCCCCCCCCCCCCCCCCCCCCC(O)C(CO)NC(=O)CCCCCCCCC/C=C\C/C=C\CCCCCCCCCCCOC(=O)CCCCCCCCCCCCCCCC. The Hall–Kier alpha value is -1.66. The van der Waals surface area contributed by atoms with Crippen LogP contribution in [0.5, 0.6) is 0 Å². The fourth-order valence-electron chi connectivity index (χ4n) is 11.3. The minimum absolute atomic E-state index is 0.0103. The molecule has 0 aromatic rings. The molecule has 0 spiro atoms. The fraction of sp³-hybridized carbons (Fsp3) is 0.917. The molecular weight excluding hydrogens is 959 g/mol. The molecule has 0 heterocycles. The number of nitrogens with one attached hydrogen (secondary N) is 1. The highest BCUT2D eigenvalue weighted by Crippen LogP contribution is 2.19. The van der Waals surface area contributed by atoms with Crippen molar-refractivity contribution in [1.29, 1.82) is 0 Å². The number of hydrogen-bond acceptors (Lipinski definition) is 5. The highest BCUT2D eigenvalue weighted by molar-refractivity contribution is 5.76. The highest BCUT2D eigenvalue weighted by atomic mass is 16.5. The van der Waals surface area contributed by atoms with Crippen LogP contribution < -0.4 is 5.32 Å². The Kier molecular flexibility index (Phi) is 66.4. The maximum atomic E-state index is 12.5. The second-order valence-electron chi connectivity index (χ2n) is 24.6. The first-order valence-electron chi connectivity index (χ1n) is 35.6. The highest BCUT2D eigenvalue weighted by Gasteiger charge is 2.20. The van der Waals surface area contributed by atoms with Gasteiger partial charge in [-0.1, -0.05) is 353 Å². The van der Waals surface area contributed by atoms with Crippen LogP contribution in [0.25, 0.3) is 0 Å². The third-order valence-corrected chi connectivity index (χ3v) is 16.8. The summed E-state index contributed by atoms with van der Waals surface area (Å²) in [5.74, 6) is -0.0304. The van der Waals surface area contributed by atoms with Gasteiger partial charge >= 0.3 is 5.97 Å². The minimum Gasteiger partial charge on any atom is -0.466 e. The van der Waals surface area contributed by atoms with Crippen molar-refractivity contribution in [3.63, 3.8) is 0 Å². The molecule has 2 atom stereocenters. The van der Waals surface area contributed by atoms with E-state index in [1.807, 2.05) is 0 Å². The molecule has 0 rings (SSSR count). The predicted octanol–water partition coefficient (Wildman–Crippen LogP) is 22.9. The molecule has 0 aliphatic rings. The molecule has 0 saturated carbocycles. The van der Waals surface area contributed by atoms with Crippen LogP contribution in [0.3, 0.4) is 0 Å². The summed E-state index contributed by atoms with van der Waals surface area (Å²) in [6.07, 6.45) is 85.1. The first kappa shape index (κ1) is 76.3. The number of carbonyl (C=O) groups excluding carboxylic acids is 2. The van der Waals surface area contributed by atoms with Gasteiger partial charge in [0.15, 0.2) is 0 Å². The van der Waals surface area contributed by atoms with Gasteiger partial charge in [-0.25, -0.2) is 0 Å². The number of amides is 1. The van der Waals surface area contributed by atoms with E-state index >= 15 is 0 Å². The number of unbranched alkanes of at least 4 members (excludes halogenated alkanes) is 52. The van der Waals surface area contributed by atoms with Gasteiger partial charge < -0.3 is 20.3 Å². The Morgan fingerprint density at radius 3 is 0.974 bits per heavy atom. The lowest BCUT2D eigenvalue weighted by atomic mass is 10.0. The summed E-state index contributed by atoms with van der Waals surface area (Å²) >= 11 is 0. The van der Waals surface area contributed by atoms with E-state index in [-0.39, 0.29) is 18.5 Å². The van der Waals surface area contributed by atoms with Crippen molar-refractivity contribution in [2.45, 2.75) is 411 Å². The van der Waals surface area contributed by atoms with Crippen molar-refractivity contribution >= 4 is 11.9 Å². The van der Waals surface area contributed by atoms with Gasteiger partial charge in [0, 0.05) is 12.8 Å². The van der Waals surface area contributed by atoms with Gasteiger partial charge in [0.1, 0.15) is 0 Å². The summed E-state index contributed by atoms with van der Waals surface area (Å²) in [6.45, 7) is 4.99. The van der Waals surface area contributed by atoms with Crippen LogP contribution in [0.4, 0.5) is 0 Å². The van der Waals surface area contributed by atoms with Crippen LogP contribution in [-0.2, 0) is 14.3 Å². The molecule has 0 aliphatic heterocycles. The van der Waals surface area contributed by atoms with Gasteiger partial charge in [-0.2, -0.15) is 0 Å². The monoisotopic (exact) mass is 1100 g/mol. The van der Waals surface area contributed by atoms with Gasteiger partial charge in [0.25, 0.3) is 0 Å². The number of ether oxygens (including phenoxy) is 1. The zero-order chi connectivity index (χ0) is 56.4. The minimum atomic E-state index is -0.672. The summed E-state index contributed by atoms with van der Waals surface area (Å²) < 4.78 is 5.49. The largest absolute Gasteiger partial charge is 0.466 e. The zero-order valence-electron chi connectivity index (χ0n) is 52.9. The van der Waals surface area contributed by atoms with Crippen LogP contribution in [0.1, 0.15) is 399 Å². The van der Waals surface area contributed by atoms with Crippen molar-refractivity contribution in [3.8, 4) is 0 Å². The van der Waals surface area contributed by atoms with E-state index in [2.05, 4.69) is 43.5 Å². The van der Waals surface area contributed by atoms with Crippen LogP contribution in [0.2, 0.25) is 0 Å². The molecule has 6 nitrogen and oxygen atoms in total. The maximum Gasteiger partial charge on any atom is 0.305 e. The van der Waals surface area contributed by atoms with Crippen LogP contribution >= 0.6 is 0 Å². The average molecular weight is 1100 g/mol. The second-order valence-corrected chi connectivity index (χ2v) is 24.6. The summed E-state index contributed by atoms with van der Waals surface area (Å²) in [4.78, 5) is 24.6. The molecule has 462 valence electrons. The Bertz CT molecular complexity index is 1220. The molecule has 0 fully saturated rings. The number of aliphatic hydroxyl groups excluding tert-OH is 2. The smallest absolute Gasteiger partial charge is 0.305 e. The van der Waals surface area contributed by atoms with Crippen LogP contribution in [-0.4, -0.2) is 47.4 Å². The summed E-state index contributed by atoms with van der Waals surface area (Å²) in [6, 6.07) is -0.550. The van der Waals surface area contributed by atoms with Crippen LogP contribution in [0.15, 0.2) is 24.3 Å². The van der Waals surface area contributed by atoms with Crippen molar-refractivity contribution in [3.05, 3.63) is 24.3 Å². The summed E-state index contributed by atoms with van der Waals surface area (Å²) in [5.41, 5.74) is 0. The molecule has 0 saturated heterocycles. The Morgan fingerprint density at radius 2 is 0.641 bits per heavy atom. The number of rotatable bonds is 67. The molecule has 6 heteroatoms. The van der Waals surface area contributed by atoms with Gasteiger partial charge in [-0.3, -0.25) is 9.59 Å². The van der Waals surface area contributed by atoms with E-state index < -0.39 is 12.1 Å². The van der Waals surface area contributed by atoms with Gasteiger partial charge in [0.05, 0.1) is 25.4 Å². The molecule has 0 radical (unpaired) electrons. The number of allylic oxidation sites excluding steroid dienone is 4. The lowest BCUT2D eigenvalue weighted by molar-refractivity contribution is -0.143. The summed E-state index contributed by atoms with van der Waals surface area (Å²) in [5, 5.41) is 23.4. The Morgan fingerprint density at radius 1 is 0.359 bits per heavy atom. The molecule has 1 amide bonds. The van der Waals surface area contributed by atoms with Crippen molar-refractivity contribution in [2.75, 3.05) is 13.2 Å². The van der Waals surface area contributed by atoms with E-state index in [0.29, 0.717) is 25.9 Å². The Balaban J connectivity index is 3.44. The van der Waals surface area contributed by atoms with E-state index in [1.54, 1.807) is 0 Å². The molecule has 78 heavy (non-hydrogen) atoms. The summed E-state index contributed by atoms with van der Waals surface area (Å²) in [7, 11) is 0.